The number of benzene rings is 3. The van der Waals surface area contributed by atoms with E-state index in [1.54, 1.807) is 15.9 Å². The third-order valence-electron chi connectivity index (χ3n) is 6.20. The number of carbonyl (C=O) groups is 2. The first-order valence-electron chi connectivity index (χ1n) is 11.6. The molecule has 0 bridgehead atoms. The number of pyridine rings is 1. The monoisotopic (exact) mass is 487 g/mol. The molecule has 2 heterocycles. The van der Waals surface area contributed by atoms with E-state index in [0.717, 1.165) is 16.5 Å². The van der Waals surface area contributed by atoms with Crippen molar-refractivity contribution in [1.29, 1.82) is 0 Å². The Morgan fingerprint density at radius 1 is 0.750 bits per heavy atom. The fraction of sp³-hybridized carbons (Fsp3) is 0.179. The van der Waals surface area contributed by atoms with Crippen LogP contribution in [0.15, 0.2) is 84.9 Å². The molecule has 3 aromatic carbocycles. The van der Waals surface area contributed by atoms with Gasteiger partial charge in [-0.3, -0.25) is 9.59 Å². The van der Waals surface area contributed by atoms with Gasteiger partial charge in [0.25, 0.3) is 11.8 Å². The molecule has 0 spiro atoms. The van der Waals surface area contributed by atoms with E-state index in [2.05, 4.69) is 4.74 Å². The molecule has 0 saturated carbocycles. The molecule has 0 unspecified atom stereocenters. The summed E-state index contributed by atoms with van der Waals surface area (Å²) < 4.78 is 30.0. The number of halogens is 2. The van der Waals surface area contributed by atoms with Crippen LogP contribution in [-0.4, -0.2) is 59.4 Å². The van der Waals surface area contributed by atoms with Crippen LogP contribution in [-0.2, 0) is 0 Å². The fourth-order valence-electron chi connectivity index (χ4n) is 4.40. The van der Waals surface area contributed by atoms with Crippen LogP contribution in [0.4, 0.5) is 8.78 Å². The maximum Gasteiger partial charge on any atom is 0.387 e. The van der Waals surface area contributed by atoms with Crippen LogP contribution in [0.3, 0.4) is 0 Å². The second-order valence-corrected chi connectivity index (χ2v) is 8.40. The predicted octanol–water partition coefficient (Wildman–Crippen LogP) is 5.10. The lowest BCUT2D eigenvalue weighted by Crippen LogP contribution is -2.50. The minimum Gasteiger partial charge on any atom is -0.434 e. The largest absolute Gasteiger partial charge is 0.434 e. The van der Waals surface area contributed by atoms with Gasteiger partial charge in [0.05, 0.1) is 22.3 Å². The summed E-state index contributed by atoms with van der Waals surface area (Å²) in [6.45, 7) is -1.83. The number of hydrogen-bond acceptors (Lipinski definition) is 4. The van der Waals surface area contributed by atoms with Gasteiger partial charge in [0.15, 0.2) is 0 Å². The molecule has 1 aliphatic heterocycles. The van der Waals surface area contributed by atoms with E-state index < -0.39 is 12.5 Å². The normalized spacial score (nSPS) is 13.8. The van der Waals surface area contributed by atoms with E-state index in [1.165, 1.54) is 18.2 Å². The van der Waals surface area contributed by atoms with Crippen molar-refractivity contribution in [1.82, 2.24) is 14.8 Å². The van der Waals surface area contributed by atoms with E-state index in [-0.39, 0.29) is 30.3 Å². The van der Waals surface area contributed by atoms with Crippen LogP contribution in [0.25, 0.3) is 22.2 Å². The number of hydrogen-bond donors (Lipinski definition) is 0. The number of carbonyl (C=O) groups excluding carboxylic acids is 2. The summed E-state index contributed by atoms with van der Waals surface area (Å²) in [6.07, 6.45) is 0. The molecule has 0 aliphatic carbocycles. The summed E-state index contributed by atoms with van der Waals surface area (Å²) in [5.41, 5.74) is 2.98. The Bertz CT molecular complexity index is 1400. The highest BCUT2D eigenvalue weighted by Crippen LogP contribution is 2.27. The molecule has 8 heteroatoms. The van der Waals surface area contributed by atoms with E-state index in [4.69, 9.17) is 4.98 Å². The summed E-state index contributed by atoms with van der Waals surface area (Å²) in [4.78, 5) is 34.6. The van der Waals surface area contributed by atoms with Gasteiger partial charge in [0.2, 0.25) is 0 Å². The Morgan fingerprint density at radius 3 is 2.03 bits per heavy atom. The highest BCUT2D eigenvalue weighted by Gasteiger charge is 2.28. The molecule has 0 atom stereocenters. The van der Waals surface area contributed by atoms with Crippen molar-refractivity contribution in [3.8, 4) is 17.0 Å². The maximum absolute atomic E-state index is 13.6. The zero-order chi connectivity index (χ0) is 25.1. The molecule has 0 N–H and O–H groups in total. The van der Waals surface area contributed by atoms with Crippen molar-refractivity contribution in [3.63, 3.8) is 0 Å². The van der Waals surface area contributed by atoms with Crippen LogP contribution in [0.2, 0.25) is 0 Å². The molecule has 1 saturated heterocycles. The highest BCUT2D eigenvalue weighted by molar-refractivity contribution is 6.07. The molecule has 2 amide bonds. The number of amides is 2. The van der Waals surface area contributed by atoms with Crippen LogP contribution in [0, 0.1) is 0 Å². The second-order valence-electron chi connectivity index (χ2n) is 8.40. The first-order chi connectivity index (χ1) is 17.5. The summed E-state index contributed by atoms with van der Waals surface area (Å²) in [7, 11) is 0. The van der Waals surface area contributed by atoms with Crippen molar-refractivity contribution in [3.05, 3.63) is 96.1 Å². The molecule has 1 aromatic heterocycles. The van der Waals surface area contributed by atoms with Gasteiger partial charge >= 0.3 is 6.61 Å². The first kappa shape index (κ1) is 23.4. The molecule has 1 aliphatic rings. The highest BCUT2D eigenvalue weighted by atomic mass is 19.3. The van der Waals surface area contributed by atoms with E-state index in [0.29, 0.717) is 24.3 Å². The number of fused-ring (bicyclic) bond motifs is 1. The van der Waals surface area contributed by atoms with Gasteiger partial charge in [0.1, 0.15) is 5.75 Å². The standard InChI is InChI=1S/C28H23F2N3O3/c29-28(30)36-25-13-7-5-11-21(25)26(34)32-14-16-33(17-15-32)27(35)22-18-24(19-8-2-1-3-9-19)31-23-12-6-4-10-20(22)23/h1-13,18,28H,14-17H2. The van der Waals surface area contributed by atoms with Gasteiger partial charge < -0.3 is 14.5 Å². The van der Waals surface area contributed by atoms with Gasteiger partial charge in [-0.1, -0.05) is 60.7 Å². The van der Waals surface area contributed by atoms with Crippen molar-refractivity contribution in [2.24, 2.45) is 0 Å². The first-order valence-corrected chi connectivity index (χ1v) is 11.6. The summed E-state index contributed by atoms with van der Waals surface area (Å²) in [5.74, 6) is -0.703. The Morgan fingerprint density at radius 2 is 1.33 bits per heavy atom. The Balaban J connectivity index is 1.36. The van der Waals surface area contributed by atoms with Gasteiger partial charge in [-0.05, 0) is 24.3 Å². The average Bonchev–Trinajstić information content (AvgIpc) is 2.92. The number of alkyl halides is 2. The predicted molar refractivity (Wildman–Crippen MR) is 132 cm³/mol. The smallest absolute Gasteiger partial charge is 0.387 e. The van der Waals surface area contributed by atoms with E-state index >= 15 is 0 Å². The van der Waals surface area contributed by atoms with Gasteiger partial charge in [-0.2, -0.15) is 8.78 Å². The minimum absolute atomic E-state index is 0.0743. The second kappa shape index (κ2) is 10.1. The molecule has 1 fully saturated rings. The Hall–Kier alpha value is -4.33. The minimum atomic E-state index is -3.02. The number of rotatable bonds is 5. The van der Waals surface area contributed by atoms with E-state index in [9.17, 15) is 18.4 Å². The number of para-hydroxylation sites is 2. The van der Waals surface area contributed by atoms with Crippen molar-refractivity contribution < 1.29 is 23.1 Å². The molecule has 182 valence electrons. The lowest BCUT2D eigenvalue weighted by molar-refractivity contribution is -0.0503. The topological polar surface area (TPSA) is 62.7 Å². The SMILES string of the molecule is O=C(c1ccccc1OC(F)F)N1CCN(C(=O)c2cc(-c3ccccc3)nc3ccccc23)CC1. The van der Waals surface area contributed by atoms with Crippen LogP contribution in [0.5, 0.6) is 5.75 Å². The van der Waals surface area contributed by atoms with Crippen LogP contribution >= 0.6 is 0 Å². The molecule has 0 radical (unpaired) electrons. The number of ether oxygens (including phenoxy) is 1. The van der Waals surface area contributed by atoms with E-state index in [1.807, 2.05) is 60.7 Å². The lowest BCUT2D eigenvalue weighted by atomic mass is 10.0. The van der Waals surface area contributed by atoms with Crippen LogP contribution in [0.1, 0.15) is 20.7 Å². The number of piperazine rings is 1. The Kier molecular flexibility index (Phi) is 6.58. The molecule has 36 heavy (non-hydrogen) atoms. The third-order valence-corrected chi connectivity index (χ3v) is 6.20. The fourth-order valence-corrected chi connectivity index (χ4v) is 4.40. The number of nitrogens with zero attached hydrogens (tertiary/aromatic N) is 3. The summed E-state index contributed by atoms with van der Waals surface area (Å²) in [5, 5.41) is 0.763. The van der Waals surface area contributed by atoms with Crippen LogP contribution < -0.4 is 4.74 Å². The van der Waals surface area contributed by atoms with Crippen molar-refractivity contribution in [2.75, 3.05) is 26.2 Å². The molecule has 5 rings (SSSR count). The average molecular weight is 488 g/mol. The quantitative estimate of drug-likeness (QED) is 0.393. The maximum atomic E-state index is 13.6. The van der Waals surface area contributed by atoms with Crippen molar-refractivity contribution in [2.45, 2.75) is 6.61 Å². The lowest BCUT2D eigenvalue weighted by Gasteiger charge is -2.35. The third kappa shape index (κ3) is 4.75. The van der Waals surface area contributed by atoms with Crippen molar-refractivity contribution >= 4 is 22.7 Å². The summed E-state index contributed by atoms with van der Waals surface area (Å²) in [6, 6.07) is 25.0. The molecular formula is C28H23F2N3O3. The zero-order valence-electron chi connectivity index (χ0n) is 19.3. The van der Waals surface area contributed by atoms with Gasteiger partial charge in [0, 0.05) is 37.1 Å². The molecule has 6 nitrogen and oxygen atoms in total. The molecule has 4 aromatic rings. The summed E-state index contributed by atoms with van der Waals surface area (Å²) >= 11 is 0. The Labute approximate surface area is 206 Å². The van der Waals surface area contributed by atoms with Gasteiger partial charge in [-0.15, -0.1) is 0 Å². The zero-order valence-corrected chi connectivity index (χ0v) is 19.3. The molecular weight excluding hydrogens is 464 g/mol. The van der Waals surface area contributed by atoms with Gasteiger partial charge in [-0.25, -0.2) is 4.98 Å². The number of aromatic nitrogens is 1.